The van der Waals surface area contributed by atoms with Gasteiger partial charge in [0, 0.05) is 19.2 Å². The van der Waals surface area contributed by atoms with Crippen molar-refractivity contribution in [1.29, 1.82) is 0 Å². The third-order valence-electron chi connectivity index (χ3n) is 2.34. The van der Waals surface area contributed by atoms with E-state index in [-0.39, 0.29) is 23.3 Å². The zero-order valence-corrected chi connectivity index (χ0v) is 9.82. The Morgan fingerprint density at radius 1 is 1.35 bits per heavy atom. The number of hydrogen-bond donors (Lipinski definition) is 0. The molecule has 2 heterocycles. The molecule has 0 fully saturated rings. The summed E-state index contributed by atoms with van der Waals surface area (Å²) < 4.78 is 32.6. The van der Waals surface area contributed by atoms with Crippen LogP contribution in [0, 0.1) is 0 Å². The van der Waals surface area contributed by atoms with Crippen molar-refractivity contribution in [3.05, 3.63) is 24.0 Å². The fraction of sp³-hybridized carbons (Fsp3) is 0.455. The molecule has 0 aliphatic heterocycles. The van der Waals surface area contributed by atoms with Crippen molar-refractivity contribution in [2.45, 2.75) is 26.2 Å². The SMILES string of the molecule is CC(C)c1oc(-c2cn(C)cn2)nc1C(F)F. The van der Waals surface area contributed by atoms with Gasteiger partial charge in [-0.25, -0.2) is 18.7 Å². The Hall–Kier alpha value is -1.72. The monoisotopic (exact) mass is 241 g/mol. The lowest BCUT2D eigenvalue weighted by Gasteiger charge is -2.01. The quantitative estimate of drug-likeness (QED) is 0.829. The molecule has 0 aliphatic carbocycles. The summed E-state index contributed by atoms with van der Waals surface area (Å²) in [5.41, 5.74) is 0.168. The van der Waals surface area contributed by atoms with Crippen molar-refractivity contribution in [3.8, 4) is 11.6 Å². The van der Waals surface area contributed by atoms with E-state index in [1.54, 1.807) is 38.0 Å². The highest BCUT2D eigenvalue weighted by molar-refractivity contribution is 5.46. The molecule has 0 N–H and O–H groups in total. The van der Waals surface area contributed by atoms with E-state index in [2.05, 4.69) is 9.97 Å². The Morgan fingerprint density at radius 2 is 2.06 bits per heavy atom. The first-order valence-corrected chi connectivity index (χ1v) is 5.26. The summed E-state index contributed by atoms with van der Waals surface area (Å²) in [6.45, 7) is 3.57. The van der Waals surface area contributed by atoms with E-state index in [9.17, 15) is 8.78 Å². The summed E-state index contributed by atoms with van der Waals surface area (Å²) in [4.78, 5) is 7.84. The van der Waals surface area contributed by atoms with Gasteiger partial charge in [-0.2, -0.15) is 0 Å². The fourth-order valence-electron chi connectivity index (χ4n) is 1.55. The van der Waals surface area contributed by atoms with E-state index in [4.69, 9.17) is 4.42 Å². The summed E-state index contributed by atoms with van der Waals surface area (Å²) in [5.74, 6) is 0.231. The van der Waals surface area contributed by atoms with Crippen molar-refractivity contribution >= 4 is 0 Å². The number of aryl methyl sites for hydroxylation is 1. The summed E-state index contributed by atoms with van der Waals surface area (Å²) in [6, 6.07) is 0. The highest BCUT2D eigenvalue weighted by Crippen LogP contribution is 2.31. The maximum Gasteiger partial charge on any atom is 0.283 e. The Bertz CT molecular complexity index is 491. The van der Waals surface area contributed by atoms with Crippen LogP contribution in [-0.2, 0) is 7.05 Å². The molecule has 6 heteroatoms. The van der Waals surface area contributed by atoms with E-state index in [0.717, 1.165) is 0 Å². The molecule has 0 saturated heterocycles. The molecule has 0 amide bonds. The Balaban J connectivity index is 2.47. The molecule has 0 aromatic carbocycles. The van der Waals surface area contributed by atoms with Crippen molar-refractivity contribution < 1.29 is 13.2 Å². The van der Waals surface area contributed by atoms with Crippen molar-refractivity contribution in [1.82, 2.24) is 14.5 Å². The van der Waals surface area contributed by atoms with Crippen LogP contribution in [0.3, 0.4) is 0 Å². The number of alkyl halides is 2. The van der Waals surface area contributed by atoms with Gasteiger partial charge < -0.3 is 8.98 Å². The van der Waals surface area contributed by atoms with Crippen molar-refractivity contribution in [2.75, 3.05) is 0 Å². The summed E-state index contributed by atoms with van der Waals surface area (Å²) in [5, 5.41) is 0. The third kappa shape index (κ3) is 2.20. The van der Waals surface area contributed by atoms with Gasteiger partial charge in [0.2, 0.25) is 5.89 Å². The molecule has 2 rings (SSSR count). The van der Waals surface area contributed by atoms with Gasteiger partial charge in [0.15, 0.2) is 0 Å². The molecule has 0 radical (unpaired) electrons. The van der Waals surface area contributed by atoms with Gasteiger partial charge in [0.25, 0.3) is 6.43 Å². The molecule has 0 spiro atoms. The molecule has 2 aromatic rings. The Morgan fingerprint density at radius 3 is 2.47 bits per heavy atom. The van der Waals surface area contributed by atoms with Crippen LogP contribution >= 0.6 is 0 Å². The normalized spacial score (nSPS) is 11.7. The van der Waals surface area contributed by atoms with Crippen LogP contribution in [0.4, 0.5) is 8.78 Å². The fourth-order valence-corrected chi connectivity index (χ4v) is 1.55. The van der Waals surface area contributed by atoms with Gasteiger partial charge in [-0.3, -0.25) is 0 Å². The average Bonchev–Trinajstić information content (AvgIpc) is 2.82. The molecule has 4 nitrogen and oxygen atoms in total. The van der Waals surface area contributed by atoms with Gasteiger partial charge in [-0.05, 0) is 0 Å². The first kappa shape index (κ1) is 11.8. The summed E-state index contributed by atoms with van der Waals surface area (Å²) >= 11 is 0. The number of hydrogen-bond acceptors (Lipinski definition) is 3. The first-order chi connectivity index (χ1) is 7.99. The van der Waals surface area contributed by atoms with Crippen LogP contribution in [0.2, 0.25) is 0 Å². The minimum Gasteiger partial charge on any atom is -0.439 e. The van der Waals surface area contributed by atoms with E-state index in [1.807, 2.05) is 0 Å². The highest BCUT2D eigenvalue weighted by Gasteiger charge is 2.24. The van der Waals surface area contributed by atoms with Gasteiger partial charge >= 0.3 is 0 Å². The largest absolute Gasteiger partial charge is 0.439 e. The van der Waals surface area contributed by atoms with Crippen LogP contribution in [0.15, 0.2) is 16.9 Å². The predicted molar refractivity (Wildman–Crippen MR) is 57.8 cm³/mol. The minimum absolute atomic E-state index is 0.135. The number of nitrogens with zero attached hydrogens (tertiary/aromatic N) is 3. The number of halogens is 2. The lowest BCUT2D eigenvalue weighted by molar-refractivity contribution is 0.143. The van der Waals surface area contributed by atoms with E-state index in [1.165, 1.54) is 0 Å². The second-order valence-electron chi connectivity index (χ2n) is 4.15. The molecule has 2 aromatic heterocycles. The van der Waals surface area contributed by atoms with Crippen LogP contribution in [0.5, 0.6) is 0 Å². The highest BCUT2D eigenvalue weighted by atomic mass is 19.3. The van der Waals surface area contributed by atoms with Crippen molar-refractivity contribution in [2.24, 2.45) is 7.05 Å². The Kier molecular flexibility index (Phi) is 2.95. The third-order valence-corrected chi connectivity index (χ3v) is 2.34. The molecule has 92 valence electrons. The number of oxazole rings is 1. The number of aromatic nitrogens is 3. The zero-order chi connectivity index (χ0) is 12.6. The second-order valence-corrected chi connectivity index (χ2v) is 4.15. The smallest absolute Gasteiger partial charge is 0.283 e. The zero-order valence-electron chi connectivity index (χ0n) is 9.82. The predicted octanol–water partition coefficient (Wildman–Crippen LogP) is 3.14. The maximum absolute atomic E-state index is 12.8. The second kappa shape index (κ2) is 4.27. The van der Waals surface area contributed by atoms with E-state index < -0.39 is 6.43 Å². The number of rotatable bonds is 3. The first-order valence-electron chi connectivity index (χ1n) is 5.26. The van der Waals surface area contributed by atoms with Crippen LogP contribution in [-0.4, -0.2) is 14.5 Å². The lowest BCUT2D eigenvalue weighted by Crippen LogP contribution is -1.93. The lowest BCUT2D eigenvalue weighted by atomic mass is 10.1. The number of imidazole rings is 1. The molecule has 0 atom stereocenters. The van der Waals surface area contributed by atoms with Crippen LogP contribution in [0.25, 0.3) is 11.6 Å². The van der Waals surface area contributed by atoms with Crippen LogP contribution < -0.4 is 0 Å². The minimum atomic E-state index is -2.63. The molecular weight excluding hydrogens is 228 g/mol. The Labute approximate surface area is 97.3 Å². The van der Waals surface area contributed by atoms with Gasteiger partial charge in [-0.15, -0.1) is 0 Å². The standard InChI is InChI=1S/C11H13F2N3O/c1-6(2)9-8(10(12)13)15-11(17-9)7-4-16(3)5-14-7/h4-6,10H,1-3H3. The molecule has 0 unspecified atom stereocenters. The molecule has 0 bridgehead atoms. The topological polar surface area (TPSA) is 43.9 Å². The molecule has 0 aliphatic rings. The summed E-state index contributed by atoms with van der Waals surface area (Å²) in [7, 11) is 1.79. The van der Waals surface area contributed by atoms with E-state index >= 15 is 0 Å². The van der Waals surface area contributed by atoms with Crippen LogP contribution in [0.1, 0.15) is 37.6 Å². The van der Waals surface area contributed by atoms with Gasteiger partial charge in [0.05, 0.1) is 6.33 Å². The van der Waals surface area contributed by atoms with Gasteiger partial charge in [-0.1, -0.05) is 13.8 Å². The molecule has 0 saturated carbocycles. The average molecular weight is 241 g/mol. The van der Waals surface area contributed by atoms with Gasteiger partial charge in [0.1, 0.15) is 17.1 Å². The van der Waals surface area contributed by atoms with Crippen molar-refractivity contribution in [3.63, 3.8) is 0 Å². The molecule has 17 heavy (non-hydrogen) atoms. The molecular formula is C11H13F2N3O. The van der Waals surface area contributed by atoms with E-state index in [0.29, 0.717) is 5.69 Å². The summed E-state index contributed by atoms with van der Waals surface area (Å²) in [6.07, 6.45) is 0.607. The maximum atomic E-state index is 12.8.